The van der Waals surface area contributed by atoms with Gasteiger partial charge in [0.05, 0.1) is 23.6 Å². The highest BCUT2D eigenvalue weighted by molar-refractivity contribution is 7.99. The molecule has 7 nitrogen and oxygen atoms in total. The summed E-state index contributed by atoms with van der Waals surface area (Å²) in [5, 5.41) is 13.6. The van der Waals surface area contributed by atoms with Crippen LogP contribution in [0, 0.1) is 12.8 Å². The highest BCUT2D eigenvalue weighted by Crippen LogP contribution is 2.35. The minimum absolute atomic E-state index is 0.00495. The Labute approximate surface area is 172 Å². The maximum Gasteiger partial charge on any atom is 0.306 e. The summed E-state index contributed by atoms with van der Waals surface area (Å²) >= 11 is 2.57. The van der Waals surface area contributed by atoms with Crippen LogP contribution in [0.2, 0.25) is 0 Å². The van der Waals surface area contributed by atoms with Crippen LogP contribution >= 0.6 is 23.1 Å². The molecule has 28 heavy (non-hydrogen) atoms. The lowest BCUT2D eigenvalue weighted by Gasteiger charge is -2.19. The number of anilines is 1. The molecule has 0 spiro atoms. The van der Waals surface area contributed by atoms with Gasteiger partial charge in [0.2, 0.25) is 0 Å². The van der Waals surface area contributed by atoms with Gasteiger partial charge < -0.3 is 10.4 Å². The number of aliphatic hydroxyl groups excluding tert-OH is 1. The minimum Gasteiger partial charge on any atom is -0.394 e. The van der Waals surface area contributed by atoms with Gasteiger partial charge in [-0.2, -0.15) is 0 Å². The number of pyridine rings is 1. The Morgan fingerprint density at radius 2 is 2.11 bits per heavy atom. The van der Waals surface area contributed by atoms with E-state index in [0.29, 0.717) is 27.2 Å². The molecule has 0 aliphatic carbocycles. The van der Waals surface area contributed by atoms with Gasteiger partial charge in [-0.15, -0.1) is 0 Å². The van der Waals surface area contributed by atoms with Crippen LogP contribution in [-0.4, -0.2) is 37.7 Å². The Morgan fingerprint density at radius 1 is 1.32 bits per heavy atom. The third kappa shape index (κ3) is 4.89. The summed E-state index contributed by atoms with van der Waals surface area (Å²) < 4.78 is 0.679. The highest BCUT2D eigenvalue weighted by atomic mass is 32.2. The van der Waals surface area contributed by atoms with Crippen LogP contribution in [0.1, 0.15) is 43.7 Å². The van der Waals surface area contributed by atoms with E-state index in [0.717, 1.165) is 29.0 Å². The summed E-state index contributed by atoms with van der Waals surface area (Å²) in [6.45, 7) is 8.30. The molecule has 0 saturated heterocycles. The Kier molecular flexibility index (Phi) is 6.69. The minimum atomic E-state index is -0.174. The van der Waals surface area contributed by atoms with E-state index in [1.165, 1.54) is 11.8 Å². The molecule has 3 heterocycles. The molecule has 0 amide bonds. The third-order valence-electron chi connectivity index (χ3n) is 4.29. The van der Waals surface area contributed by atoms with Crippen LogP contribution in [0.3, 0.4) is 0 Å². The first kappa shape index (κ1) is 20.8. The zero-order valence-electron chi connectivity index (χ0n) is 16.4. The molecule has 9 heteroatoms. The predicted octanol–water partition coefficient (Wildman–Crippen LogP) is 3.76. The SMILES string of the molecule is Cc1cccnc1C(C)Sc1nc(NC(CO)CC(C)C)c2sc(=O)[nH]c2n1. The van der Waals surface area contributed by atoms with E-state index in [9.17, 15) is 9.90 Å². The smallest absolute Gasteiger partial charge is 0.306 e. The van der Waals surface area contributed by atoms with E-state index < -0.39 is 0 Å². The van der Waals surface area contributed by atoms with Crippen LogP contribution in [0.5, 0.6) is 0 Å². The van der Waals surface area contributed by atoms with E-state index in [1.54, 1.807) is 6.20 Å². The maximum absolute atomic E-state index is 11.9. The molecular formula is C19H25N5O2S2. The molecule has 150 valence electrons. The summed E-state index contributed by atoms with van der Waals surface area (Å²) in [6, 6.07) is 3.81. The second kappa shape index (κ2) is 9.02. The van der Waals surface area contributed by atoms with Crippen molar-refractivity contribution in [1.29, 1.82) is 0 Å². The summed E-state index contributed by atoms with van der Waals surface area (Å²) in [6.07, 6.45) is 2.58. The fourth-order valence-corrected chi connectivity index (χ4v) is 4.75. The van der Waals surface area contributed by atoms with Gasteiger partial charge in [0.1, 0.15) is 4.70 Å². The summed E-state index contributed by atoms with van der Waals surface area (Å²) in [7, 11) is 0. The molecule has 0 aromatic carbocycles. The van der Waals surface area contributed by atoms with Gasteiger partial charge in [0.25, 0.3) is 0 Å². The third-order valence-corrected chi connectivity index (χ3v) is 6.14. The van der Waals surface area contributed by atoms with Crippen molar-refractivity contribution in [2.24, 2.45) is 5.92 Å². The van der Waals surface area contributed by atoms with Crippen LogP contribution in [0.25, 0.3) is 10.3 Å². The van der Waals surface area contributed by atoms with Crippen molar-refractivity contribution in [2.75, 3.05) is 11.9 Å². The number of aromatic nitrogens is 4. The van der Waals surface area contributed by atoms with Crippen LogP contribution in [-0.2, 0) is 0 Å². The molecule has 3 rings (SSSR count). The van der Waals surface area contributed by atoms with Gasteiger partial charge >= 0.3 is 4.87 Å². The second-order valence-corrected chi connectivity index (χ2v) is 9.46. The molecule has 0 fully saturated rings. The number of nitrogens with zero attached hydrogens (tertiary/aromatic N) is 3. The number of aromatic amines is 1. The largest absolute Gasteiger partial charge is 0.394 e. The number of thiazole rings is 1. The zero-order chi connectivity index (χ0) is 20.3. The number of hydrogen-bond donors (Lipinski definition) is 3. The Bertz CT molecular complexity index is 1000. The standard InChI is InChI=1S/C19H25N5O2S2/c1-10(2)8-13(9-25)21-16-15-17(24-19(26)28-15)23-18(22-16)27-12(4)14-11(3)6-5-7-20-14/h5-7,10,12-13,25H,8-9H2,1-4H3,(H2,21,22,23,24,26). The van der Waals surface area contributed by atoms with E-state index in [-0.39, 0.29) is 22.8 Å². The monoisotopic (exact) mass is 419 g/mol. The maximum atomic E-state index is 11.9. The normalized spacial score (nSPS) is 13.8. The number of aliphatic hydroxyl groups is 1. The molecule has 0 radical (unpaired) electrons. The molecule has 0 aliphatic heterocycles. The van der Waals surface area contributed by atoms with Crippen molar-refractivity contribution >= 4 is 39.3 Å². The number of fused-ring (bicyclic) bond motifs is 1. The molecule has 0 saturated carbocycles. The number of hydrogen-bond acceptors (Lipinski definition) is 8. The first-order valence-electron chi connectivity index (χ1n) is 9.23. The molecule has 2 unspecified atom stereocenters. The summed E-state index contributed by atoms with van der Waals surface area (Å²) in [5.41, 5.74) is 2.61. The van der Waals surface area contributed by atoms with Gasteiger partial charge in [-0.1, -0.05) is 43.0 Å². The molecule has 0 aliphatic rings. The highest BCUT2D eigenvalue weighted by Gasteiger charge is 2.19. The van der Waals surface area contributed by atoms with E-state index in [2.05, 4.69) is 46.0 Å². The molecule has 3 aromatic heterocycles. The number of rotatable bonds is 8. The van der Waals surface area contributed by atoms with Crippen LogP contribution in [0.15, 0.2) is 28.3 Å². The van der Waals surface area contributed by atoms with E-state index in [4.69, 9.17) is 0 Å². The molecular weight excluding hydrogens is 394 g/mol. The number of nitrogens with one attached hydrogen (secondary N) is 2. The lowest BCUT2D eigenvalue weighted by atomic mass is 10.0. The number of H-pyrrole nitrogens is 1. The Morgan fingerprint density at radius 3 is 2.79 bits per heavy atom. The van der Waals surface area contributed by atoms with Crippen molar-refractivity contribution < 1.29 is 5.11 Å². The first-order chi connectivity index (χ1) is 13.4. The lowest BCUT2D eigenvalue weighted by molar-refractivity contribution is 0.259. The van der Waals surface area contributed by atoms with Crippen molar-refractivity contribution in [3.63, 3.8) is 0 Å². The van der Waals surface area contributed by atoms with Gasteiger partial charge in [0, 0.05) is 6.20 Å². The number of aryl methyl sites for hydroxylation is 1. The quantitative estimate of drug-likeness (QED) is 0.377. The van der Waals surface area contributed by atoms with Gasteiger partial charge in [-0.05, 0) is 37.8 Å². The van der Waals surface area contributed by atoms with E-state index >= 15 is 0 Å². The second-order valence-electron chi connectivity index (χ2n) is 7.17. The molecule has 0 bridgehead atoms. The summed E-state index contributed by atoms with van der Waals surface area (Å²) in [5.74, 6) is 1.01. The first-order valence-corrected chi connectivity index (χ1v) is 10.9. The Balaban J connectivity index is 1.93. The van der Waals surface area contributed by atoms with Gasteiger partial charge in [-0.3, -0.25) is 14.8 Å². The van der Waals surface area contributed by atoms with Crippen molar-refractivity contribution in [1.82, 2.24) is 19.9 Å². The van der Waals surface area contributed by atoms with E-state index in [1.807, 2.05) is 19.1 Å². The van der Waals surface area contributed by atoms with Gasteiger partial charge in [-0.25, -0.2) is 9.97 Å². The molecule has 2 atom stereocenters. The topological polar surface area (TPSA) is 104 Å². The number of thioether (sulfide) groups is 1. The fourth-order valence-electron chi connectivity index (χ4n) is 3.06. The van der Waals surface area contributed by atoms with Crippen molar-refractivity contribution in [2.45, 2.75) is 50.6 Å². The van der Waals surface area contributed by atoms with Crippen LogP contribution < -0.4 is 10.2 Å². The molecule has 3 N–H and O–H groups in total. The predicted molar refractivity (Wildman–Crippen MR) is 115 cm³/mol. The average Bonchev–Trinajstić information content (AvgIpc) is 3.01. The Hall–Kier alpha value is -1.97. The fraction of sp³-hybridized carbons (Fsp3) is 0.474. The average molecular weight is 420 g/mol. The van der Waals surface area contributed by atoms with Gasteiger partial charge in [0.15, 0.2) is 16.6 Å². The zero-order valence-corrected chi connectivity index (χ0v) is 18.0. The van der Waals surface area contributed by atoms with Crippen molar-refractivity contribution in [3.05, 3.63) is 39.3 Å². The molecule has 3 aromatic rings. The lowest BCUT2D eigenvalue weighted by Crippen LogP contribution is -2.26. The van der Waals surface area contributed by atoms with Crippen molar-refractivity contribution in [3.8, 4) is 0 Å². The van der Waals surface area contributed by atoms with Crippen LogP contribution in [0.4, 0.5) is 5.82 Å². The summed E-state index contributed by atoms with van der Waals surface area (Å²) in [4.78, 5) is 28.1.